The number of pyridine rings is 1. The molecule has 0 aliphatic heterocycles. The molecule has 0 spiro atoms. The molecule has 5 heteroatoms. The van der Waals surface area contributed by atoms with E-state index < -0.39 is 0 Å². The number of anilines is 1. The van der Waals surface area contributed by atoms with Crippen LogP contribution >= 0.6 is 0 Å². The van der Waals surface area contributed by atoms with Crippen molar-refractivity contribution in [3.63, 3.8) is 0 Å². The number of hydrogen-bond acceptors (Lipinski definition) is 4. The average Bonchev–Trinajstić information content (AvgIpc) is 2.53. The van der Waals surface area contributed by atoms with Gasteiger partial charge in [-0.2, -0.15) is 0 Å². The average molecular weight is 313 g/mol. The van der Waals surface area contributed by atoms with Crippen LogP contribution in [0.15, 0.2) is 42.7 Å². The summed E-state index contributed by atoms with van der Waals surface area (Å²) in [6.45, 7) is 4.50. The first-order chi connectivity index (χ1) is 11.1. The number of nitrogens with one attached hydrogen (secondary N) is 1. The Kier molecular flexibility index (Phi) is 6.11. The molecule has 0 bridgehead atoms. The number of nitrogens with zero attached hydrogens (tertiary/aromatic N) is 1. The van der Waals surface area contributed by atoms with Crippen molar-refractivity contribution >= 4 is 11.6 Å². The van der Waals surface area contributed by atoms with Crippen LogP contribution in [0.4, 0.5) is 5.69 Å². The third-order valence-electron chi connectivity index (χ3n) is 3.22. The zero-order valence-electron chi connectivity index (χ0n) is 13.6. The summed E-state index contributed by atoms with van der Waals surface area (Å²) in [5, 5.41) is 2.93. The molecule has 1 heterocycles. The van der Waals surface area contributed by atoms with Gasteiger partial charge in [-0.05, 0) is 31.5 Å². The third-order valence-corrected chi connectivity index (χ3v) is 3.22. The number of ether oxygens (including phenoxy) is 1. The quantitative estimate of drug-likeness (QED) is 0.823. The minimum atomic E-state index is -0.184. The highest BCUT2D eigenvalue weighted by molar-refractivity contribution is 5.96. The van der Waals surface area contributed by atoms with Crippen LogP contribution in [0.25, 0.3) is 11.1 Å². The summed E-state index contributed by atoms with van der Waals surface area (Å²) in [4.78, 5) is 16.2. The molecule has 0 saturated carbocycles. The Morgan fingerprint density at radius 3 is 2.87 bits per heavy atom. The molecule has 1 unspecified atom stereocenters. The van der Waals surface area contributed by atoms with Crippen LogP contribution in [0.3, 0.4) is 0 Å². The van der Waals surface area contributed by atoms with Crippen LogP contribution in [-0.4, -0.2) is 23.5 Å². The fourth-order valence-electron chi connectivity index (χ4n) is 2.20. The van der Waals surface area contributed by atoms with E-state index in [1.165, 1.54) is 0 Å². The number of amides is 1. The van der Waals surface area contributed by atoms with Crippen molar-refractivity contribution < 1.29 is 9.53 Å². The maximum Gasteiger partial charge on any atom is 0.225 e. The highest BCUT2D eigenvalue weighted by Gasteiger charge is 2.12. The largest absolute Gasteiger partial charge is 0.494 e. The normalized spacial score (nSPS) is 11.8. The van der Waals surface area contributed by atoms with Gasteiger partial charge in [0.15, 0.2) is 0 Å². The lowest BCUT2D eigenvalue weighted by atomic mass is 10.0. The number of carbonyl (C=O) groups is 1. The summed E-state index contributed by atoms with van der Waals surface area (Å²) >= 11 is 0. The molecule has 2 aromatic rings. The van der Waals surface area contributed by atoms with E-state index in [4.69, 9.17) is 10.5 Å². The predicted molar refractivity (Wildman–Crippen MR) is 92.4 cm³/mol. The molecule has 23 heavy (non-hydrogen) atoms. The van der Waals surface area contributed by atoms with E-state index in [9.17, 15) is 4.79 Å². The van der Waals surface area contributed by atoms with Gasteiger partial charge in [-0.25, -0.2) is 0 Å². The molecule has 1 aromatic carbocycles. The van der Waals surface area contributed by atoms with Crippen LogP contribution < -0.4 is 15.8 Å². The Labute approximate surface area is 136 Å². The molecular formula is C18H23N3O2. The molecule has 1 amide bonds. The van der Waals surface area contributed by atoms with Gasteiger partial charge in [0.2, 0.25) is 5.91 Å². The summed E-state index contributed by atoms with van der Waals surface area (Å²) in [5.41, 5.74) is 8.24. The number of hydrogen-bond donors (Lipinski definition) is 2. The number of benzene rings is 1. The van der Waals surface area contributed by atoms with Gasteiger partial charge in [0, 0.05) is 42.0 Å². The highest BCUT2D eigenvalue weighted by Crippen LogP contribution is 2.31. The monoisotopic (exact) mass is 313 g/mol. The molecule has 2 rings (SSSR count). The van der Waals surface area contributed by atoms with Gasteiger partial charge >= 0.3 is 0 Å². The molecular weight excluding hydrogens is 290 g/mol. The summed E-state index contributed by atoms with van der Waals surface area (Å²) in [7, 11) is 0. The molecule has 122 valence electrons. The van der Waals surface area contributed by atoms with E-state index >= 15 is 0 Å². The first kappa shape index (κ1) is 17.0. The fraction of sp³-hybridized carbons (Fsp3) is 0.333. The minimum absolute atomic E-state index is 0.113. The molecule has 1 aromatic heterocycles. The van der Waals surface area contributed by atoms with Crippen molar-refractivity contribution in [1.29, 1.82) is 0 Å². The number of nitrogens with two attached hydrogens (primary N) is 1. The van der Waals surface area contributed by atoms with Crippen molar-refractivity contribution in [3.8, 4) is 16.9 Å². The van der Waals surface area contributed by atoms with Gasteiger partial charge in [-0.3, -0.25) is 9.78 Å². The van der Waals surface area contributed by atoms with Crippen LogP contribution in [0, 0.1) is 0 Å². The van der Waals surface area contributed by atoms with E-state index in [2.05, 4.69) is 17.2 Å². The highest BCUT2D eigenvalue weighted by atomic mass is 16.5. The van der Waals surface area contributed by atoms with Crippen LogP contribution in [0.5, 0.6) is 5.75 Å². The van der Waals surface area contributed by atoms with Gasteiger partial charge in [0.25, 0.3) is 0 Å². The molecule has 5 nitrogen and oxygen atoms in total. The fourth-order valence-corrected chi connectivity index (χ4v) is 2.20. The maximum atomic E-state index is 12.1. The first-order valence-electron chi connectivity index (χ1n) is 7.82. The maximum absolute atomic E-state index is 12.1. The molecule has 0 aliphatic carbocycles. The molecule has 0 aliphatic rings. The first-order valence-corrected chi connectivity index (χ1v) is 7.82. The number of rotatable bonds is 7. The summed E-state index contributed by atoms with van der Waals surface area (Å²) in [6, 6.07) is 9.32. The van der Waals surface area contributed by atoms with Gasteiger partial charge in [-0.15, -0.1) is 0 Å². The van der Waals surface area contributed by atoms with Crippen molar-refractivity contribution in [2.24, 2.45) is 5.73 Å². The second kappa shape index (κ2) is 8.29. The zero-order chi connectivity index (χ0) is 16.7. The lowest BCUT2D eigenvalue weighted by molar-refractivity contribution is -0.116. The van der Waals surface area contributed by atoms with E-state index in [-0.39, 0.29) is 18.4 Å². The van der Waals surface area contributed by atoms with E-state index in [1.54, 1.807) is 12.4 Å². The van der Waals surface area contributed by atoms with Crippen molar-refractivity contribution in [2.45, 2.75) is 32.7 Å². The lowest BCUT2D eigenvalue weighted by Gasteiger charge is -2.14. The Balaban J connectivity index is 2.31. The minimum Gasteiger partial charge on any atom is -0.494 e. The Morgan fingerprint density at radius 1 is 1.39 bits per heavy atom. The lowest BCUT2D eigenvalue weighted by Crippen LogP contribution is -2.24. The standard InChI is InChI=1S/C18H23N3O2/c1-3-9-23-15-6-7-16(14-5-4-8-20-12-14)17(11-15)21-18(22)10-13(2)19/h4-8,11-13H,3,9-10,19H2,1-2H3,(H,21,22). The number of carbonyl (C=O) groups excluding carboxylic acids is 1. The Hall–Kier alpha value is -2.40. The molecule has 3 N–H and O–H groups in total. The van der Waals surface area contributed by atoms with Gasteiger partial charge in [-0.1, -0.05) is 13.0 Å². The second-order valence-electron chi connectivity index (χ2n) is 5.53. The topological polar surface area (TPSA) is 77.2 Å². The van der Waals surface area contributed by atoms with Crippen molar-refractivity contribution in [3.05, 3.63) is 42.7 Å². The predicted octanol–water partition coefficient (Wildman–Crippen LogP) is 3.21. The van der Waals surface area contributed by atoms with E-state index in [0.717, 1.165) is 23.3 Å². The van der Waals surface area contributed by atoms with Crippen LogP contribution in [-0.2, 0) is 4.79 Å². The molecule has 0 fully saturated rings. The SMILES string of the molecule is CCCOc1ccc(-c2cccnc2)c(NC(=O)CC(C)N)c1. The molecule has 1 atom stereocenters. The van der Waals surface area contributed by atoms with Crippen molar-refractivity contribution in [1.82, 2.24) is 4.98 Å². The smallest absolute Gasteiger partial charge is 0.225 e. The summed E-state index contributed by atoms with van der Waals surface area (Å²) in [6.07, 6.45) is 4.68. The van der Waals surface area contributed by atoms with E-state index in [1.807, 2.05) is 37.3 Å². The van der Waals surface area contributed by atoms with Gasteiger partial charge < -0.3 is 15.8 Å². The van der Waals surface area contributed by atoms with Gasteiger partial charge in [0.05, 0.1) is 12.3 Å². The third kappa shape index (κ3) is 5.07. The van der Waals surface area contributed by atoms with Crippen LogP contribution in [0.2, 0.25) is 0 Å². The van der Waals surface area contributed by atoms with E-state index in [0.29, 0.717) is 12.3 Å². The second-order valence-corrected chi connectivity index (χ2v) is 5.53. The summed E-state index contributed by atoms with van der Waals surface area (Å²) < 4.78 is 5.66. The zero-order valence-corrected chi connectivity index (χ0v) is 13.6. The van der Waals surface area contributed by atoms with Crippen molar-refractivity contribution in [2.75, 3.05) is 11.9 Å². The molecule has 0 radical (unpaired) electrons. The summed E-state index contributed by atoms with van der Waals surface area (Å²) in [5.74, 6) is 0.619. The molecule has 0 saturated heterocycles. The Bertz CT molecular complexity index is 642. The van der Waals surface area contributed by atoms with Crippen LogP contribution in [0.1, 0.15) is 26.7 Å². The van der Waals surface area contributed by atoms with Gasteiger partial charge in [0.1, 0.15) is 5.75 Å². The Morgan fingerprint density at radius 2 is 2.22 bits per heavy atom. The number of aromatic nitrogens is 1.